The van der Waals surface area contributed by atoms with E-state index in [1.54, 1.807) is 4.68 Å². The van der Waals surface area contributed by atoms with Gasteiger partial charge in [0.1, 0.15) is 5.82 Å². The first-order valence-electron chi connectivity index (χ1n) is 5.33. The fourth-order valence-corrected chi connectivity index (χ4v) is 1.71. The topological polar surface area (TPSA) is 69.9 Å². The van der Waals surface area contributed by atoms with Crippen molar-refractivity contribution in [2.24, 2.45) is 5.73 Å². The normalized spacial score (nSPS) is 10.6. The molecule has 0 fully saturated rings. The SMILES string of the molecule is Cc1ccccc1-n1nc(CCN)cc1N. The molecule has 4 nitrogen and oxygen atoms in total. The second-order valence-corrected chi connectivity index (χ2v) is 3.80. The van der Waals surface area contributed by atoms with Gasteiger partial charge >= 0.3 is 0 Å². The Labute approximate surface area is 94.9 Å². The number of hydrogen-bond acceptors (Lipinski definition) is 3. The van der Waals surface area contributed by atoms with Crippen molar-refractivity contribution >= 4 is 5.82 Å². The van der Waals surface area contributed by atoms with Gasteiger partial charge in [-0.25, -0.2) is 4.68 Å². The van der Waals surface area contributed by atoms with Crippen LogP contribution in [0, 0.1) is 6.92 Å². The van der Waals surface area contributed by atoms with Crippen molar-refractivity contribution in [3.05, 3.63) is 41.6 Å². The van der Waals surface area contributed by atoms with E-state index in [2.05, 4.69) is 5.10 Å². The lowest BCUT2D eigenvalue weighted by Crippen LogP contribution is -2.05. The smallest absolute Gasteiger partial charge is 0.127 e. The van der Waals surface area contributed by atoms with Gasteiger partial charge in [0.25, 0.3) is 0 Å². The molecule has 4 heteroatoms. The third-order valence-corrected chi connectivity index (χ3v) is 2.53. The molecule has 0 radical (unpaired) electrons. The highest BCUT2D eigenvalue weighted by Crippen LogP contribution is 2.17. The summed E-state index contributed by atoms with van der Waals surface area (Å²) < 4.78 is 1.76. The van der Waals surface area contributed by atoms with E-state index in [9.17, 15) is 0 Å². The summed E-state index contributed by atoms with van der Waals surface area (Å²) in [6, 6.07) is 9.90. The molecule has 0 aliphatic rings. The Balaban J connectivity index is 2.44. The molecule has 0 unspecified atom stereocenters. The van der Waals surface area contributed by atoms with Crippen LogP contribution >= 0.6 is 0 Å². The predicted molar refractivity (Wildman–Crippen MR) is 65.5 cm³/mol. The maximum Gasteiger partial charge on any atom is 0.127 e. The van der Waals surface area contributed by atoms with E-state index in [0.717, 1.165) is 23.4 Å². The van der Waals surface area contributed by atoms with Crippen LogP contribution in [0.1, 0.15) is 11.3 Å². The van der Waals surface area contributed by atoms with Gasteiger partial charge in [-0.15, -0.1) is 0 Å². The lowest BCUT2D eigenvalue weighted by Gasteiger charge is -2.06. The van der Waals surface area contributed by atoms with Crippen molar-refractivity contribution in [1.29, 1.82) is 0 Å². The summed E-state index contributed by atoms with van der Waals surface area (Å²) in [5.74, 6) is 0.651. The molecule has 1 aromatic heterocycles. The molecule has 1 aromatic carbocycles. The van der Waals surface area contributed by atoms with Crippen molar-refractivity contribution in [3.8, 4) is 5.69 Å². The van der Waals surface area contributed by atoms with Crippen molar-refractivity contribution in [2.45, 2.75) is 13.3 Å². The van der Waals surface area contributed by atoms with Gasteiger partial charge in [0.2, 0.25) is 0 Å². The average Bonchev–Trinajstić information content (AvgIpc) is 2.61. The molecular weight excluding hydrogens is 200 g/mol. The van der Waals surface area contributed by atoms with Gasteiger partial charge in [-0.3, -0.25) is 0 Å². The van der Waals surface area contributed by atoms with E-state index in [0.29, 0.717) is 12.4 Å². The molecule has 4 N–H and O–H groups in total. The minimum atomic E-state index is 0.588. The van der Waals surface area contributed by atoms with Crippen molar-refractivity contribution in [3.63, 3.8) is 0 Å². The largest absolute Gasteiger partial charge is 0.384 e. The Morgan fingerprint density at radius 3 is 2.75 bits per heavy atom. The molecule has 0 aliphatic carbocycles. The van der Waals surface area contributed by atoms with E-state index in [4.69, 9.17) is 11.5 Å². The Bertz CT molecular complexity index is 488. The van der Waals surface area contributed by atoms with Gasteiger partial charge in [0.15, 0.2) is 0 Å². The quantitative estimate of drug-likeness (QED) is 0.811. The van der Waals surface area contributed by atoms with Crippen LogP contribution in [-0.4, -0.2) is 16.3 Å². The second-order valence-electron chi connectivity index (χ2n) is 3.80. The number of hydrogen-bond donors (Lipinski definition) is 2. The molecule has 2 aromatic rings. The molecule has 16 heavy (non-hydrogen) atoms. The van der Waals surface area contributed by atoms with Crippen LogP contribution < -0.4 is 11.5 Å². The Kier molecular flexibility index (Phi) is 2.92. The zero-order valence-corrected chi connectivity index (χ0v) is 9.35. The number of anilines is 1. The van der Waals surface area contributed by atoms with Crippen LogP contribution in [0.5, 0.6) is 0 Å². The predicted octanol–water partition coefficient (Wildman–Crippen LogP) is 1.26. The summed E-state index contributed by atoms with van der Waals surface area (Å²) in [5.41, 5.74) is 14.5. The zero-order chi connectivity index (χ0) is 11.5. The number of nitrogen functional groups attached to an aromatic ring is 1. The number of benzene rings is 1. The number of nitrogens with two attached hydrogens (primary N) is 2. The standard InChI is InChI=1S/C12H16N4/c1-9-4-2-3-5-11(9)16-12(14)8-10(15-16)6-7-13/h2-5,8H,6-7,13-14H2,1H3. The van der Waals surface area contributed by atoms with Gasteiger partial charge in [-0.2, -0.15) is 5.10 Å². The number of para-hydroxylation sites is 1. The lowest BCUT2D eigenvalue weighted by molar-refractivity contribution is 0.823. The van der Waals surface area contributed by atoms with Crippen molar-refractivity contribution in [2.75, 3.05) is 12.3 Å². The highest BCUT2D eigenvalue weighted by atomic mass is 15.3. The van der Waals surface area contributed by atoms with Crippen LogP contribution in [0.4, 0.5) is 5.82 Å². The summed E-state index contributed by atoms with van der Waals surface area (Å²) in [5, 5.41) is 4.44. The molecule has 0 spiro atoms. The Morgan fingerprint density at radius 1 is 1.31 bits per heavy atom. The molecule has 0 bridgehead atoms. The molecule has 0 atom stereocenters. The third kappa shape index (κ3) is 1.92. The molecule has 0 aliphatic heterocycles. The number of rotatable bonds is 3. The van der Waals surface area contributed by atoms with Gasteiger partial charge in [0.05, 0.1) is 11.4 Å². The van der Waals surface area contributed by atoms with E-state index < -0.39 is 0 Å². The summed E-state index contributed by atoms with van der Waals surface area (Å²) in [4.78, 5) is 0. The molecule has 0 saturated carbocycles. The molecular formula is C12H16N4. The fourth-order valence-electron chi connectivity index (χ4n) is 1.71. The van der Waals surface area contributed by atoms with Crippen LogP contribution in [0.15, 0.2) is 30.3 Å². The monoisotopic (exact) mass is 216 g/mol. The van der Waals surface area contributed by atoms with Crippen molar-refractivity contribution < 1.29 is 0 Å². The minimum absolute atomic E-state index is 0.588. The van der Waals surface area contributed by atoms with Crippen LogP contribution in [0.3, 0.4) is 0 Å². The van der Waals surface area contributed by atoms with Gasteiger partial charge in [-0.1, -0.05) is 18.2 Å². The van der Waals surface area contributed by atoms with Gasteiger partial charge in [-0.05, 0) is 25.1 Å². The van der Waals surface area contributed by atoms with E-state index in [-0.39, 0.29) is 0 Å². The third-order valence-electron chi connectivity index (χ3n) is 2.53. The highest BCUT2D eigenvalue weighted by Gasteiger charge is 2.07. The van der Waals surface area contributed by atoms with E-state index in [1.807, 2.05) is 37.3 Å². The van der Waals surface area contributed by atoms with E-state index in [1.165, 1.54) is 0 Å². The molecule has 0 amide bonds. The first kappa shape index (κ1) is 10.7. The molecule has 84 valence electrons. The Morgan fingerprint density at radius 2 is 2.06 bits per heavy atom. The summed E-state index contributed by atoms with van der Waals surface area (Å²) >= 11 is 0. The van der Waals surface area contributed by atoms with Crippen LogP contribution in [0.25, 0.3) is 5.69 Å². The maximum atomic E-state index is 5.93. The lowest BCUT2D eigenvalue weighted by atomic mass is 10.2. The average molecular weight is 216 g/mol. The first-order valence-corrected chi connectivity index (χ1v) is 5.33. The van der Waals surface area contributed by atoms with E-state index >= 15 is 0 Å². The second kappa shape index (κ2) is 4.37. The van der Waals surface area contributed by atoms with Crippen LogP contribution in [-0.2, 0) is 6.42 Å². The summed E-state index contributed by atoms with van der Waals surface area (Å²) in [6.45, 7) is 2.63. The van der Waals surface area contributed by atoms with Gasteiger partial charge in [0, 0.05) is 12.5 Å². The minimum Gasteiger partial charge on any atom is -0.384 e. The number of nitrogens with zero attached hydrogens (tertiary/aromatic N) is 2. The van der Waals surface area contributed by atoms with Gasteiger partial charge < -0.3 is 11.5 Å². The summed E-state index contributed by atoms with van der Waals surface area (Å²) in [6.07, 6.45) is 0.753. The summed E-state index contributed by atoms with van der Waals surface area (Å²) in [7, 11) is 0. The maximum absolute atomic E-state index is 5.93. The highest BCUT2D eigenvalue weighted by molar-refractivity contribution is 5.47. The first-order chi connectivity index (χ1) is 7.72. The van der Waals surface area contributed by atoms with Crippen LogP contribution in [0.2, 0.25) is 0 Å². The van der Waals surface area contributed by atoms with Crippen molar-refractivity contribution in [1.82, 2.24) is 9.78 Å². The fraction of sp³-hybridized carbons (Fsp3) is 0.250. The number of aromatic nitrogens is 2. The zero-order valence-electron chi connectivity index (χ0n) is 9.35. The molecule has 2 rings (SSSR count). The Hall–Kier alpha value is -1.81. The molecule has 0 saturated heterocycles. The number of aryl methyl sites for hydroxylation is 1. The molecule has 1 heterocycles.